The predicted octanol–water partition coefficient (Wildman–Crippen LogP) is 8.10. The van der Waals surface area contributed by atoms with Gasteiger partial charge in [-0.3, -0.25) is 9.36 Å². The Labute approximate surface area is 246 Å². The first-order valence-corrected chi connectivity index (χ1v) is 15.4. The highest BCUT2D eigenvalue weighted by Crippen LogP contribution is 2.38. The van der Waals surface area contributed by atoms with Gasteiger partial charge in [0, 0.05) is 29.6 Å². The zero-order valence-electron chi connectivity index (χ0n) is 24.9. The zero-order chi connectivity index (χ0) is 29.7. The summed E-state index contributed by atoms with van der Waals surface area (Å²) in [5.74, 6) is -0.145. The van der Waals surface area contributed by atoms with E-state index in [1.54, 1.807) is 12.3 Å². The second-order valence-electron chi connectivity index (χ2n) is 11.3. The molecule has 1 aromatic carbocycles. The number of halogens is 2. The molecule has 0 bridgehead atoms. The molecule has 2 radical (unpaired) electrons. The van der Waals surface area contributed by atoms with E-state index in [4.69, 9.17) is 7.85 Å². The minimum Gasteiger partial charge on any atom is -0.435 e. The monoisotopic (exact) mass is 568 g/mol. The second kappa shape index (κ2) is 16.9. The van der Waals surface area contributed by atoms with Crippen molar-refractivity contribution in [3.63, 3.8) is 0 Å². The number of carbonyl (C=O) groups is 1. The summed E-state index contributed by atoms with van der Waals surface area (Å²) in [6.07, 6.45) is 24.7. The molecule has 0 saturated carbocycles. The summed E-state index contributed by atoms with van der Waals surface area (Å²) in [7, 11) is 8.39. The Kier molecular flexibility index (Phi) is 13.6. The standard InChI is InChI=1S/C33H47BF2N2O3/c1-3-4-5-6-7-8-9-10-11-12-13-14-15-16-17-20-31(39)38-25-28(33(34,40)30-19-18-23-37(30)2)27-24-26(41-32(35)36)21-22-29(27)38/h7-8,10-11,21-22,24-25,30,32,40H,3-6,9,12-20,23H2,1-2H3/b8-7-,11-10-/t30?,33-/m1/s1. The fourth-order valence-electron chi connectivity index (χ4n) is 5.76. The van der Waals surface area contributed by atoms with Gasteiger partial charge in [0.25, 0.3) is 0 Å². The summed E-state index contributed by atoms with van der Waals surface area (Å²) < 4.78 is 31.9. The van der Waals surface area contributed by atoms with Crippen molar-refractivity contribution in [3.05, 3.63) is 54.3 Å². The molecule has 1 fully saturated rings. The molecule has 8 heteroatoms. The molecule has 1 saturated heterocycles. The summed E-state index contributed by atoms with van der Waals surface area (Å²) in [6, 6.07) is 4.08. The molecular formula is C33H47BF2N2O3. The van der Waals surface area contributed by atoms with Crippen molar-refractivity contribution >= 4 is 24.7 Å². The highest BCUT2D eigenvalue weighted by molar-refractivity contribution is 6.17. The quantitative estimate of drug-likeness (QED) is 0.112. The Balaban J connectivity index is 1.52. The van der Waals surface area contributed by atoms with Gasteiger partial charge >= 0.3 is 6.61 Å². The Morgan fingerprint density at radius 3 is 2.44 bits per heavy atom. The van der Waals surface area contributed by atoms with Gasteiger partial charge in [0.1, 0.15) is 13.6 Å². The van der Waals surface area contributed by atoms with Crippen LogP contribution in [0.5, 0.6) is 5.75 Å². The summed E-state index contributed by atoms with van der Waals surface area (Å²) in [6.45, 7) is 0.0471. The average Bonchev–Trinajstić information content (AvgIpc) is 3.54. The molecule has 2 heterocycles. The third kappa shape index (κ3) is 9.81. The van der Waals surface area contributed by atoms with Crippen molar-refractivity contribution in [2.24, 2.45) is 0 Å². The van der Waals surface area contributed by atoms with E-state index in [2.05, 4.69) is 36.0 Å². The lowest BCUT2D eigenvalue weighted by Gasteiger charge is -2.35. The van der Waals surface area contributed by atoms with Crippen molar-refractivity contribution in [2.45, 2.75) is 115 Å². The van der Waals surface area contributed by atoms with Crippen molar-refractivity contribution in [1.29, 1.82) is 0 Å². The number of hydrogen-bond acceptors (Lipinski definition) is 4. The summed E-state index contributed by atoms with van der Waals surface area (Å²) in [5.41, 5.74) is -0.879. The fourth-order valence-corrected chi connectivity index (χ4v) is 5.76. The minimum absolute atomic E-state index is 0.0387. The zero-order valence-corrected chi connectivity index (χ0v) is 24.9. The molecule has 0 spiro atoms. The summed E-state index contributed by atoms with van der Waals surface area (Å²) >= 11 is 0. The lowest BCUT2D eigenvalue weighted by Crippen LogP contribution is -2.46. The summed E-state index contributed by atoms with van der Waals surface area (Å²) in [4.78, 5) is 15.2. The van der Waals surface area contributed by atoms with E-state index >= 15 is 0 Å². The van der Waals surface area contributed by atoms with Crippen LogP contribution in [0.4, 0.5) is 8.78 Å². The summed E-state index contributed by atoms with van der Waals surface area (Å²) in [5, 5.41) is 11.9. The van der Waals surface area contributed by atoms with E-state index < -0.39 is 12.1 Å². The number of alkyl halides is 2. The number of benzene rings is 1. The Bertz CT molecular complexity index is 1140. The number of likely N-dealkylation sites (N-methyl/N-ethyl adjacent to an activating group) is 1. The van der Waals surface area contributed by atoms with Gasteiger partial charge in [0.15, 0.2) is 0 Å². The number of carbonyl (C=O) groups excluding carboxylic acids is 1. The van der Waals surface area contributed by atoms with E-state index in [0.29, 0.717) is 29.3 Å². The van der Waals surface area contributed by atoms with Crippen LogP contribution in [0.3, 0.4) is 0 Å². The fraction of sp³-hybridized carbons (Fsp3) is 0.606. The second-order valence-corrected chi connectivity index (χ2v) is 11.3. The molecule has 41 heavy (non-hydrogen) atoms. The number of unbranched alkanes of at least 4 members (excludes halogenated alkanes) is 8. The molecule has 5 nitrogen and oxygen atoms in total. The number of likely N-dealkylation sites (tertiary alicyclic amines) is 1. The first-order valence-electron chi connectivity index (χ1n) is 15.4. The first kappa shape index (κ1) is 33.1. The van der Waals surface area contributed by atoms with Crippen molar-refractivity contribution in [1.82, 2.24) is 9.47 Å². The molecule has 1 aliphatic heterocycles. The van der Waals surface area contributed by atoms with Crippen molar-refractivity contribution in [2.75, 3.05) is 13.6 Å². The molecule has 1 aromatic heterocycles. The van der Waals surface area contributed by atoms with Crippen LogP contribution in [0, 0.1) is 0 Å². The van der Waals surface area contributed by atoms with Gasteiger partial charge in [-0.25, -0.2) is 0 Å². The van der Waals surface area contributed by atoms with E-state index in [-0.39, 0.29) is 17.7 Å². The number of fused-ring (bicyclic) bond motifs is 1. The smallest absolute Gasteiger partial charge is 0.387 e. The molecule has 224 valence electrons. The molecule has 1 N–H and O–H groups in total. The number of aromatic nitrogens is 1. The van der Waals surface area contributed by atoms with Crippen LogP contribution >= 0.6 is 0 Å². The molecular weight excluding hydrogens is 521 g/mol. The average molecular weight is 569 g/mol. The van der Waals surface area contributed by atoms with Crippen LogP contribution in [0.1, 0.15) is 107 Å². The van der Waals surface area contributed by atoms with Gasteiger partial charge in [-0.05, 0) is 83.2 Å². The normalized spacial score (nSPS) is 17.9. The number of aliphatic hydroxyl groups is 1. The molecule has 3 rings (SSSR count). The van der Waals surface area contributed by atoms with Crippen LogP contribution in [0.25, 0.3) is 10.9 Å². The van der Waals surface area contributed by atoms with Gasteiger partial charge in [0.05, 0.1) is 11.0 Å². The lowest BCUT2D eigenvalue weighted by atomic mass is 9.69. The van der Waals surface area contributed by atoms with Gasteiger partial charge in [-0.2, -0.15) is 8.78 Å². The van der Waals surface area contributed by atoms with Crippen LogP contribution in [-0.2, 0) is 5.50 Å². The van der Waals surface area contributed by atoms with E-state index in [0.717, 1.165) is 57.9 Å². The highest BCUT2D eigenvalue weighted by atomic mass is 19.3. The Hall–Kier alpha value is -2.45. The Morgan fingerprint density at radius 1 is 1.10 bits per heavy atom. The molecule has 1 aliphatic rings. The van der Waals surface area contributed by atoms with E-state index in [9.17, 15) is 18.7 Å². The third-order valence-electron chi connectivity index (χ3n) is 8.07. The van der Waals surface area contributed by atoms with Crippen molar-refractivity contribution < 1.29 is 23.4 Å². The number of ether oxygens (including phenoxy) is 1. The number of hydrogen-bond donors (Lipinski definition) is 1. The van der Waals surface area contributed by atoms with Crippen LogP contribution in [-0.4, -0.2) is 54.6 Å². The number of nitrogens with zero attached hydrogens (tertiary/aromatic N) is 2. The molecule has 0 aliphatic carbocycles. The predicted molar refractivity (Wildman–Crippen MR) is 164 cm³/mol. The van der Waals surface area contributed by atoms with E-state index in [1.165, 1.54) is 42.4 Å². The molecule has 1 unspecified atom stereocenters. The topological polar surface area (TPSA) is 54.7 Å². The maximum absolute atomic E-state index is 13.2. The van der Waals surface area contributed by atoms with Gasteiger partial charge in [-0.15, -0.1) is 0 Å². The lowest BCUT2D eigenvalue weighted by molar-refractivity contribution is -0.0497. The molecule has 2 atom stereocenters. The first-order chi connectivity index (χ1) is 19.8. The maximum Gasteiger partial charge on any atom is 0.387 e. The largest absolute Gasteiger partial charge is 0.435 e. The molecule has 0 amide bonds. The number of rotatable bonds is 18. The van der Waals surface area contributed by atoms with E-state index in [1.807, 2.05) is 11.9 Å². The van der Waals surface area contributed by atoms with Crippen molar-refractivity contribution in [3.8, 4) is 5.75 Å². The van der Waals surface area contributed by atoms with Crippen LogP contribution < -0.4 is 4.74 Å². The minimum atomic E-state index is -2.98. The van der Waals surface area contributed by atoms with Gasteiger partial charge in [0.2, 0.25) is 5.91 Å². The third-order valence-corrected chi connectivity index (χ3v) is 8.07. The SMILES string of the molecule is [B][C@@](O)(c1cn(C(=O)CCCCCCC/C=C\C/C=C\CCCCC)c2ccc(OC(F)F)cc12)C1CCCN1C. The molecule has 2 aromatic rings. The van der Waals surface area contributed by atoms with Gasteiger partial charge in [-0.1, -0.05) is 63.3 Å². The highest BCUT2D eigenvalue weighted by Gasteiger charge is 2.40. The maximum atomic E-state index is 13.2. The van der Waals surface area contributed by atoms with Gasteiger partial charge < -0.3 is 14.7 Å². The van der Waals surface area contributed by atoms with Crippen LogP contribution in [0.15, 0.2) is 48.7 Å². The Morgan fingerprint density at radius 2 is 1.78 bits per heavy atom. The number of allylic oxidation sites excluding steroid dienone is 4. The van der Waals surface area contributed by atoms with Crippen LogP contribution in [0.2, 0.25) is 0 Å².